The van der Waals surface area contributed by atoms with Gasteiger partial charge in [0.15, 0.2) is 0 Å². The smallest absolute Gasteiger partial charge is 0.248 e. The fourth-order valence-electron chi connectivity index (χ4n) is 2.35. The Morgan fingerprint density at radius 2 is 2.25 bits per heavy atom. The van der Waals surface area contributed by atoms with Crippen LogP contribution in [-0.2, 0) is 6.42 Å². The van der Waals surface area contributed by atoms with Crippen LogP contribution in [0.25, 0.3) is 0 Å². The van der Waals surface area contributed by atoms with E-state index in [1.54, 1.807) is 0 Å². The molecular formula is C13H18N2O. The van der Waals surface area contributed by atoms with Crippen molar-refractivity contribution in [3.63, 3.8) is 0 Å². The minimum atomic E-state index is -0.320. The highest BCUT2D eigenvalue weighted by molar-refractivity contribution is 5.94. The summed E-state index contributed by atoms with van der Waals surface area (Å²) in [6.07, 6.45) is 3.41. The first kappa shape index (κ1) is 11.1. The molecule has 1 heterocycles. The van der Waals surface area contributed by atoms with Crippen molar-refractivity contribution in [3.8, 4) is 0 Å². The second-order valence-corrected chi connectivity index (χ2v) is 4.44. The van der Waals surface area contributed by atoms with Crippen molar-refractivity contribution >= 4 is 5.91 Å². The lowest BCUT2D eigenvalue weighted by Crippen LogP contribution is -2.31. The molecule has 0 spiro atoms. The number of carbonyl (C=O) groups excluding carboxylic acids is 1. The second kappa shape index (κ2) is 5.12. The molecule has 86 valence electrons. The third kappa shape index (κ3) is 2.61. The number of carbonyl (C=O) groups is 1. The predicted octanol–water partition coefficient (Wildman–Crippen LogP) is 1.33. The predicted molar refractivity (Wildman–Crippen MR) is 64.3 cm³/mol. The van der Waals surface area contributed by atoms with E-state index in [9.17, 15) is 4.79 Å². The fourth-order valence-corrected chi connectivity index (χ4v) is 2.35. The number of nitrogens with two attached hydrogens (primary N) is 1. The number of nitrogens with one attached hydrogen (secondary N) is 1. The maximum atomic E-state index is 11.3. The number of piperidine rings is 1. The third-order valence-corrected chi connectivity index (χ3v) is 3.19. The highest BCUT2D eigenvalue weighted by Gasteiger charge is 2.16. The Hall–Kier alpha value is -1.35. The van der Waals surface area contributed by atoms with Crippen LogP contribution < -0.4 is 11.1 Å². The van der Waals surface area contributed by atoms with Crippen LogP contribution in [-0.4, -0.2) is 19.0 Å². The summed E-state index contributed by atoms with van der Waals surface area (Å²) in [4.78, 5) is 11.3. The first-order chi connectivity index (χ1) is 7.77. The van der Waals surface area contributed by atoms with Gasteiger partial charge in [0.1, 0.15) is 0 Å². The van der Waals surface area contributed by atoms with Gasteiger partial charge < -0.3 is 11.1 Å². The van der Waals surface area contributed by atoms with Crippen LogP contribution in [0.15, 0.2) is 24.3 Å². The van der Waals surface area contributed by atoms with Crippen LogP contribution in [0.1, 0.15) is 28.8 Å². The summed E-state index contributed by atoms with van der Waals surface area (Å²) in [6.45, 7) is 2.17. The van der Waals surface area contributed by atoms with E-state index < -0.39 is 0 Å². The molecule has 0 aliphatic carbocycles. The Bertz CT molecular complexity index is 370. The molecule has 1 atom stereocenters. The number of primary amides is 1. The number of rotatable bonds is 3. The van der Waals surface area contributed by atoms with Gasteiger partial charge >= 0.3 is 0 Å². The molecule has 0 bridgehead atoms. The minimum Gasteiger partial charge on any atom is -0.366 e. The Morgan fingerprint density at radius 1 is 1.44 bits per heavy atom. The lowest BCUT2D eigenvalue weighted by Gasteiger charge is -2.23. The first-order valence-corrected chi connectivity index (χ1v) is 5.86. The molecule has 16 heavy (non-hydrogen) atoms. The zero-order valence-corrected chi connectivity index (χ0v) is 9.41. The van der Waals surface area contributed by atoms with Gasteiger partial charge in [0, 0.05) is 5.56 Å². The third-order valence-electron chi connectivity index (χ3n) is 3.19. The summed E-state index contributed by atoms with van der Waals surface area (Å²) in [5, 5.41) is 3.39. The Balaban J connectivity index is 2.10. The molecular weight excluding hydrogens is 200 g/mol. The van der Waals surface area contributed by atoms with Crippen LogP contribution in [0.5, 0.6) is 0 Å². The first-order valence-electron chi connectivity index (χ1n) is 5.86. The fraction of sp³-hybridized carbons (Fsp3) is 0.462. The van der Waals surface area contributed by atoms with Gasteiger partial charge in [0.2, 0.25) is 5.91 Å². The van der Waals surface area contributed by atoms with Gasteiger partial charge in [-0.2, -0.15) is 0 Å². The molecule has 3 N–H and O–H groups in total. The van der Waals surface area contributed by atoms with Gasteiger partial charge in [0.25, 0.3) is 0 Å². The monoisotopic (exact) mass is 218 g/mol. The van der Waals surface area contributed by atoms with Crippen molar-refractivity contribution in [1.82, 2.24) is 5.32 Å². The average molecular weight is 218 g/mol. The SMILES string of the molecule is NC(=O)c1ccccc1C[C@@H]1CCCNC1. The lowest BCUT2D eigenvalue weighted by atomic mass is 9.90. The van der Waals surface area contributed by atoms with E-state index in [4.69, 9.17) is 5.73 Å². The molecule has 3 heteroatoms. The summed E-state index contributed by atoms with van der Waals surface area (Å²) in [5.41, 5.74) is 7.13. The summed E-state index contributed by atoms with van der Waals surface area (Å²) < 4.78 is 0. The molecule has 1 aromatic carbocycles. The van der Waals surface area contributed by atoms with Crippen molar-refractivity contribution in [2.45, 2.75) is 19.3 Å². The topological polar surface area (TPSA) is 55.1 Å². The van der Waals surface area contributed by atoms with E-state index in [2.05, 4.69) is 5.32 Å². The second-order valence-electron chi connectivity index (χ2n) is 4.44. The maximum absolute atomic E-state index is 11.3. The van der Waals surface area contributed by atoms with Crippen LogP contribution in [0.2, 0.25) is 0 Å². The highest BCUT2D eigenvalue weighted by atomic mass is 16.1. The molecule has 2 rings (SSSR count). The van der Waals surface area contributed by atoms with Crippen LogP contribution in [0, 0.1) is 5.92 Å². The largest absolute Gasteiger partial charge is 0.366 e. The van der Waals surface area contributed by atoms with Gasteiger partial charge in [-0.3, -0.25) is 4.79 Å². The van der Waals surface area contributed by atoms with Crippen molar-refractivity contribution < 1.29 is 4.79 Å². The van der Waals surface area contributed by atoms with Crippen molar-refractivity contribution in [1.29, 1.82) is 0 Å². The molecule has 3 nitrogen and oxygen atoms in total. The van der Waals surface area contributed by atoms with E-state index in [1.165, 1.54) is 12.8 Å². The molecule has 0 saturated carbocycles. The molecule has 0 unspecified atom stereocenters. The number of benzene rings is 1. The van der Waals surface area contributed by atoms with Crippen LogP contribution in [0.3, 0.4) is 0 Å². The van der Waals surface area contributed by atoms with E-state index in [0.29, 0.717) is 11.5 Å². The molecule has 0 aromatic heterocycles. The zero-order chi connectivity index (χ0) is 11.4. The number of hydrogen-bond donors (Lipinski definition) is 2. The Kier molecular flexibility index (Phi) is 3.57. The van der Waals surface area contributed by atoms with Gasteiger partial charge in [-0.1, -0.05) is 18.2 Å². The van der Waals surface area contributed by atoms with Crippen molar-refractivity contribution in [3.05, 3.63) is 35.4 Å². The quantitative estimate of drug-likeness (QED) is 0.804. The van der Waals surface area contributed by atoms with E-state index in [0.717, 1.165) is 25.1 Å². The molecule has 1 aliphatic heterocycles. The van der Waals surface area contributed by atoms with Crippen molar-refractivity contribution in [2.24, 2.45) is 11.7 Å². The molecule has 1 amide bonds. The Morgan fingerprint density at radius 3 is 2.94 bits per heavy atom. The molecule has 1 fully saturated rings. The highest BCUT2D eigenvalue weighted by Crippen LogP contribution is 2.18. The van der Waals surface area contributed by atoms with E-state index >= 15 is 0 Å². The molecule has 0 radical (unpaired) electrons. The van der Waals surface area contributed by atoms with Crippen LogP contribution in [0.4, 0.5) is 0 Å². The van der Waals surface area contributed by atoms with Crippen LogP contribution >= 0.6 is 0 Å². The number of hydrogen-bond acceptors (Lipinski definition) is 2. The van der Waals surface area contributed by atoms with Gasteiger partial charge in [-0.15, -0.1) is 0 Å². The maximum Gasteiger partial charge on any atom is 0.248 e. The van der Waals surface area contributed by atoms with Gasteiger partial charge in [-0.25, -0.2) is 0 Å². The molecule has 1 saturated heterocycles. The summed E-state index contributed by atoms with van der Waals surface area (Å²) in [6, 6.07) is 7.66. The molecule has 1 aliphatic rings. The van der Waals surface area contributed by atoms with Gasteiger partial charge in [0.05, 0.1) is 0 Å². The minimum absolute atomic E-state index is 0.320. The van der Waals surface area contributed by atoms with E-state index in [-0.39, 0.29) is 5.91 Å². The average Bonchev–Trinajstić information content (AvgIpc) is 2.31. The Labute approximate surface area is 96.0 Å². The normalized spacial score (nSPS) is 20.6. The van der Waals surface area contributed by atoms with Crippen molar-refractivity contribution in [2.75, 3.05) is 13.1 Å². The summed E-state index contributed by atoms with van der Waals surface area (Å²) in [7, 11) is 0. The molecule has 1 aromatic rings. The summed E-state index contributed by atoms with van der Waals surface area (Å²) >= 11 is 0. The summed E-state index contributed by atoms with van der Waals surface area (Å²) in [5.74, 6) is 0.314. The van der Waals surface area contributed by atoms with E-state index in [1.807, 2.05) is 24.3 Å². The zero-order valence-electron chi connectivity index (χ0n) is 9.41. The standard InChI is InChI=1S/C13H18N2O/c14-13(16)12-6-2-1-5-11(12)8-10-4-3-7-15-9-10/h1-2,5-6,10,15H,3-4,7-9H2,(H2,14,16)/t10-/m0/s1. The number of amides is 1. The lowest BCUT2D eigenvalue weighted by molar-refractivity contribution is 0.0999. The van der Waals surface area contributed by atoms with Gasteiger partial charge in [-0.05, 0) is 49.9 Å².